The van der Waals surface area contributed by atoms with Crippen LogP contribution in [0.2, 0.25) is 0 Å². The molecule has 0 spiro atoms. The Morgan fingerprint density at radius 3 is 2.21 bits per heavy atom. The maximum absolute atomic E-state index is 13.4. The number of amides is 1. The molecule has 33 heavy (non-hydrogen) atoms. The molecular weight excluding hydrogens is 428 g/mol. The predicted octanol–water partition coefficient (Wildman–Crippen LogP) is 4.28. The monoisotopic (exact) mass is 449 g/mol. The van der Waals surface area contributed by atoms with Gasteiger partial charge >= 0.3 is 0 Å². The zero-order valence-corrected chi connectivity index (χ0v) is 17.7. The Morgan fingerprint density at radius 2 is 1.61 bits per heavy atom. The molecule has 7 nitrogen and oxygen atoms in total. The third-order valence-electron chi connectivity index (χ3n) is 5.81. The molecule has 9 heteroatoms. The van der Waals surface area contributed by atoms with E-state index in [2.05, 4.69) is 15.1 Å². The second kappa shape index (κ2) is 8.93. The third-order valence-corrected chi connectivity index (χ3v) is 5.81. The van der Waals surface area contributed by atoms with Crippen LogP contribution in [0.25, 0.3) is 22.8 Å². The molecule has 2 aromatic carbocycles. The summed E-state index contributed by atoms with van der Waals surface area (Å²) in [6, 6.07) is 11.7. The normalized spacial score (nSPS) is 14.5. The minimum absolute atomic E-state index is 0.00935. The Labute approximate surface area is 188 Å². The molecule has 1 fully saturated rings. The van der Waals surface area contributed by atoms with E-state index >= 15 is 0 Å². The van der Waals surface area contributed by atoms with Gasteiger partial charge in [-0.2, -0.15) is 0 Å². The van der Waals surface area contributed by atoms with E-state index in [1.807, 2.05) is 0 Å². The molecule has 0 radical (unpaired) electrons. The maximum Gasteiger partial charge on any atom is 0.244 e. The minimum Gasteiger partial charge on any atom is -0.449 e. The average Bonchev–Trinajstić information content (AvgIpc) is 3.51. The molecular formula is C24H21F2N5O2. The first-order chi connectivity index (χ1) is 16.1. The highest BCUT2D eigenvalue weighted by Gasteiger charge is 2.27. The van der Waals surface area contributed by atoms with E-state index in [-0.39, 0.29) is 30.0 Å². The van der Waals surface area contributed by atoms with Crippen LogP contribution in [0, 0.1) is 11.6 Å². The Bertz CT molecular complexity index is 1230. The summed E-state index contributed by atoms with van der Waals surface area (Å²) in [5.41, 5.74) is 1.25. The van der Waals surface area contributed by atoms with Crippen molar-refractivity contribution in [3.63, 3.8) is 0 Å². The molecule has 168 valence electrons. The van der Waals surface area contributed by atoms with Crippen LogP contribution >= 0.6 is 0 Å². The van der Waals surface area contributed by atoms with Gasteiger partial charge in [-0.15, -0.1) is 5.10 Å². The number of hydrogen-bond donors (Lipinski definition) is 0. The van der Waals surface area contributed by atoms with Crippen molar-refractivity contribution in [2.24, 2.45) is 0 Å². The summed E-state index contributed by atoms with van der Waals surface area (Å²) in [6.45, 7) is 1.18. The van der Waals surface area contributed by atoms with E-state index in [4.69, 9.17) is 4.42 Å². The van der Waals surface area contributed by atoms with Crippen molar-refractivity contribution in [1.82, 2.24) is 24.6 Å². The Balaban J connectivity index is 1.37. The van der Waals surface area contributed by atoms with Crippen molar-refractivity contribution < 1.29 is 18.0 Å². The number of carbonyl (C=O) groups is 1. The Hall–Kier alpha value is -3.88. The smallest absolute Gasteiger partial charge is 0.244 e. The second-order valence-corrected chi connectivity index (χ2v) is 7.96. The summed E-state index contributed by atoms with van der Waals surface area (Å²) < 4.78 is 33.7. The lowest BCUT2D eigenvalue weighted by Gasteiger charge is -2.30. The fraction of sp³-hybridized carbons (Fsp3) is 0.250. The maximum atomic E-state index is 13.4. The van der Waals surface area contributed by atoms with Gasteiger partial charge in [0.25, 0.3) is 0 Å². The molecule has 1 amide bonds. The molecule has 3 heterocycles. The van der Waals surface area contributed by atoms with Crippen LogP contribution in [-0.4, -0.2) is 43.6 Å². The first-order valence-corrected chi connectivity index (χ1v) is 10.7. The Kier molecular flexibility index (Phi) is 5.68. The van der Waals surface area contributed by atoms with Crippen molar-refractivity contribution in [3.8, 4) is 22.8 Å². The quantitative estimate of drug-likeness (QED) is 0.454. The molecule has 0 bridgehead atoms. The van der Waals surface area contributed by atoms with E-state index in [0.29, 0.717) is 41.8 Å². The molecule has 1 aliphatic rings. The van der Waals surface area contributed by atoms with Crippen LogP contribution < -0.4 is 0 Å². The zero-order chi connectivity index (χ0) is 22.8. The number of likely N-dealkylation sites (tertiary alicyclic amines) is 1. The van der Waals surface area contributed by atoms with Gasteiger partial charge in [0.15, 0.2) is 17.5 Å². The number of halogens is 2. The number of oxazole rings is 1. The van der Waals surface area contributed by atoms with Crippen LogP contribution in [-0.2, 0) is 11.3 Å². The van der Waals surface area contributed by atoms with Gasteiger partial charge in [0.2, 0.25) is 5.91 Å². The van der Waals surface area contributed by atoms with Crippen molar-refractivity contribution in [1.29, 1.82) is 0 Å². The number of piperidine rings is 1. The highest BCUT2D eigenvalue weighted by molar-refractivity contribution is 5.77. The van der Waals surface area contributed by atoms with E-state index < -0.39 is 0 Å². The van der Waals surface area contributed by atoms with Crippen molar-refractivity contribution in [2.45, 2.75) is 25.3 Å². The lowest BCUT2D eigenvalue weighted by Crippen LogP contribution is -2.40. The number of benzene rings is 2. The van der Waals surface area contributed by atoms with Gasteiger partial charge in [0, 0.05) is 30.1 Å². The van der Waals surface area contributed by atoms with Gasteiger partial charge in [-0.3, -0.25) is 4.79 Å². The molecule has 0 unspecified atom stereocenters. The summed E-state index contributed by atoms with van der Waals surface area (Å²) in [7, 11) is 0. The van der Waals surface area contributed by atoms with Crippen molar-refractivity contribution in [3.05, 3.63) is 78.5 Å². The average molecular weight is 449 g/mol. The number of hydrogen-bond acceptors (Lipinski definition) is 5. The lowest BCUT2D eigenvalue weighted by molar-refractivity contribution is -0.133. The van der Waals surface area contributed by atoms with Crippen LogP contribution in [0.1, 0.15) is 24.7 Å². The molecule has 0 aliphatic carbocycles. The first kappa shape index (κ1) is 21.0. The van der Waals surface area contributed by atoms with Gasteiger partial charge in [-0.25, -0.2) is 23.4 Å². The van der Waals surface area contributed by atoms with E-state index in [1.54, 1.807) is 41.6 Å². The summed E-state index contributed by atoms with van der Waals surface area (Å²) in [5, 5.41) is 4.52. The first-order valence-electron chi connectivity index (χ1n) is 10.7. The highest BCUT2D eigenvalue weighted by Crippen LogP contribution is 2.27. The van der Waals surface area contributed by atoms with Crippen LogP contribution in [0.5, 0.6) is 0 Å². The SMILES string of the molecule is O=C(Cn1nc(-c2ccc(F)cc2)nc1-c1ccc(F)cc1)N1CCC(c2ncco2)CC1. The molecule has 1 aliphatic heterocycles. The molecule has 5 rings (SSSR count). The molecule has 0 N–H and O–H groups in total. The standard InChI is InChI=1S/C24H21F2N5O2/c25-19-5-1-16(2-6-19)22-28-23(17-3-7-20(26)8-4-17)31(29-22)15-21(32)30-12-9-18(10-13-30)24-27-11-14-33-24/h1-8,11,14,18H,9-10,12-13,15H2. The molecule has 1 saturated heterocycles. The van der Waals surface area contributed by atoms with Crippen LogP contribution in [0.3, 0.4) is 0 Å². The topological polar surface area (TPSA) is 77.1 Å². The summed E-state index contributed by atoms with van der Waals surface area (Å²) in [4.78, 5) is 23.7. The predicted molar refractivity (Wildman–Crippen MR) is 116 cm³/mol. The van der Waals surface area contributed by atoms with E-state index in [9.17, 15) is 13.6 Å². The number of aromatic nitrogens is 4. The molecule has 0 atom stereocenters. The molecule has 2 aromatic heterocycles. The lowest BCUT2D eigenvalue weighted by atomic mass is 9.97. The molecule has 4 aromatic rings. The van der Waals surface area contributed by atoms with Crippen molar-refractivity contribution >= 4 is 5.91 Å². The number of rotatable bonds is 5. The van der Waals surface area contributed by atoms with E-state index in [1.165, 1.54) is 28.9 Å². The fourth-order valence-corrected chi connectivity index (χ4v) is 4.03. The number of nitrogens with zero attached hydrogens (tertiary/aromatic N) is 5. The van der Waals surface area contributed by atoms with Gasteiger partial charge < -0.3 is 9.32 Å². The largest absolute Gasteiger partial charge is 0.449 e. The van der Waals surface area contributed by atoms with Crippen LogP contribution in [0.15, 0.2) is 65.4 Å². The van der Waals surface area contributed by atoms with E-state index in [0.717, 1.165) is 12.8 Å². The summed E-state index contributed by atoms with van der Waals surface area (Å²) in [5.74, 6) is 0.909. The zero-order valence-electron chi connectivity index (χ0n) is 17.7. The van der Waals surface area contributed by atoms with Crippen LogP contribution in [0.4, 0.5) is 8.78 Å². The summed E-state index contributed by atoms with van der Waals surface area (Å²) >= 11 is 0. The Morgan fingerprint density at radius 1 is 0.970 bits per heavy atom. The molecule has 0 saturated carbocycles. The van der Waals surface area contributed by atoms with Gasteiger partial charge in [0.05, 0.1) is 6.20 Å². The van der Waals surface area contributed by atoms with Gasteiger partial charge in [-0.05, 0) is 61.4 Å². The van der Waals surface area contributed by atoms with Crippen molar-refractivity contribution in [2.75, 3.05) is 13.1 Å². The second-order valence-electron chi connectivity index (χ2n) is 7.96. The fourth-order valence-electron chi connectivity index (χ4n) is 4.03. The minimum atomic E-state index is -0.367. The highest BCUT2D eigenvalue weighted by atomic mass is 19.1. The number of carbonyl (C=O) groups excluding carboxylic acids is 1. The van der Waals surface area contributed by atoms with Gasteiger partial charge in [-0.1, -0.05) is 0 Å². The third kappa shape index (κ3) is 4.52. The van der Waals surface area contributed by atoms with Gasteiger partial charge in [0.1, 0.15) is 24.4 Å². The summed E-state index contributed by atoms with van der Waals surface area (Å²) in [6.07, 6.45) is 4.74.